The molecule has 8 nitrogen and oxygen atoms in total. The summed E-state index contributed by atoms with van der Waals surface area (Å²) in [6.45, 7) is 7.29. The van der Waals surface area contributed by atoms with Gasteiger partial charge in [-0.15, -0.1) is 0 Å². The molecular formula is C21H30N2O6. The Bertz CT molecular complexity index is 730. The van der Waals surface area contributed by atoms with Gasteiger partial charge in [0.15, 0.2) is 0 Å². The van der Waals surface area contributed by atoms with E-state index < -0.39 is 29.3 Å². The number of piperidine rings is 1. The molecule has 0 aromatic heterocycles. The normalized spacial score (nSPS) is 21.9. The first-order chi connectivity index (χ1) is 13.5. The van der Waals surface area contributed by atoms with Gasteiger partial charge in [-0.1, -0.05) is 30.3 Å². The summed E-state index contributed by atoms with van der Waals surface area (Å²) in [7, 11) is 0. The molecule has 0 bridgehead atoms. The molecule has 1 aromatic carbocycles. The molecule has 8 heteroatoms. The van der Waals surface area contributed by atoms with Gasteiger partial charge in [-0.3, -0.25) is 4.79 Å². The highest BCUT2D eigenvalue weighted by molar-refractivity contribution is 5.74. The van der Waals surface area contributed by atoms with Crippen LogP contribution in [0.5, 0.6) is 0 Å². The molecule has 1 aliphatic heterocycles. The fourth-order valence-electron chi connectivity index (χ4n) is 3.32. The predicted molar refractivity (Wildman–Crippen MR) is 106 cm³/mol. The molecule has 1 heterocycles. The molecule has 0 radical (unpaired) electrons. The number of hydrogen-bond donors (Lipinski definition) is 2. The van der Waals surface area contributed by atoms with Crippen LogP contribution in [-0.4, -0.2) is 51.9 Å². The summed E-state index contributed by atoms with van der Waals surface area (Å²) in [5.74, 6) is -1.06. The van der Waals surface area contributed by atoms with Crippen LogP contribution in [0.1, 0.15) is 52.5 Å². The number of nitrogens with zero attached hydrogens (tertiary/aromatic N) is 1. The molecule has 2 N–H and O–H groups in total. The van der Waals surface area contributed by atoms with E-state index in [-0.39, 0.29) is 25.6 Å². The molecule has 0 saturated carbocycles. The number of nitrogens with one attached hydrogen (secondary N) is 1. The van der Waals surface area contributed by atoms with E-state index in [1.165, 1.54) is 4.90 Å². The van der Waals surface area contributed by atoms with Crippen molar-refractivity contribution in [3.05, 3.63) is 35.9 Å². The fourth-order valence-corrected chi connectivity index (χ4v) is 3.32. The molecule has 2 rings (SSSR count). The van der Waals surface area contributed by atoms with Gasteiger partial charge in [0.1, 0.15) is 12.2 Å². The standard InChI is InChI=1S/C21H30N2O6/c1-15-10-11-21(12-17(24)25,14-23(15)19(27)29-20(2,3)4)22-18(26)28-13-16-8-6-5-7-9-16/h5-9,15H,10-14H2,1-4H3,(H,22,26)(H,24,25). The summed E-state index contributed by atoms with van der Waals surface area (Å²) in [5.41, 5.74) is -0.975. The van der Waals surface area contributed by atoms with E-state index in [0.29, 0.717) is 12.8 Å². The Morgan fingerprint density at radius 2 is 1.90 bits per heavy atom. The smallest absolute Gasteiger partial charge is 0.410 e. The van der Waals surface area contributed by atoms with Gasteiger partial charge in [-0.2, -0.15) is 0 Å². The van der Waals surface area contributed by atoms with Crippen molar-refractivity contribution in [2.24, 2.45) is 0 Å². The lowest BCUT2D eigenvalue weighted by molar-refractivity contribution is -0.139. The van der Waals surface area contributed by atoms with Crippen molar-refractivity contribution in [2.45, 2.75) is 70.7 Å². The van der Waals surface area contributed by atoms with Gasteiger partial charge in [-0.25, -0.2) is 9.59 Å². The van der Waals surface area contributed by atoms with Crippen LogP contribution >= 0.6 is 0 Å². The summed E-state index contributed by atoms with van der Waals surface area (Å²) < 4.78 is 10.7. The molecule has 1 saturated heterocycles. The van der Waals surface area contributed by atoms with Gasteiger partial charge in [0.05, 0.1) is 12.0 Å². The van der Waals surface area contributed by atoms with Gasteiger partial charge in [0.25, 0.3) is 0 Å². The largest absolute Gasteiger partial charge is 0.481 e. The van der Waals surface area contributed by atoms with E-state index in [9.17, 15) is 19.5 Å². The minimum absolute atomic E-state index is 0.0375. The molecule has 2 atom stereocenters. The molecule has 0 aliphatic carbocycles. The number of benzene rings is 1. The maximum Gasteiger partial charge on any atom is 0.410 e. The number of alkyl carbamates (subject to hydrolysis) is 1. The quantitative estimate of drug-likeness (QED) is 0.775. The number of carbonyl (C=O) groups is 3. The molecule has 2 unspecified atom stereocenters. The van der Waals surface area contributed by atoms with E-state index in [1.54, 1.807) is 20.8 Å². The second-order valence-electron chi connectivity index (χ2n) is 8.53. The Labute approximate surface area is 171 Å². The third kappa shape index (κ3) is 6.96. The van der Waals surface area contributed by atoms with Crippen LogP contribution in [-0.2, 0) is 20.9 Å². The zero-order valence-electron chi connectivity index (χ0n) is 17.4. The lowest BCUT2D eigenvalue weighted by Crippen LogP contribution is -2.63. The Hall–Kier alpha value is -2.77. The van der Waals surface area contributed by atoms with Gasteiger partial charge >= 0.3 is 18.2 Å². The molecule has 2 amide bonds. The fraction of sp³-hybridized carbons (Fsp3) is 0.571. The third-order valence-electron chi connectivity index (χ3n) is 4.74. The maximum atomic E-state index is 12.6. The van der Waals surface area contributed by atoms with Crippen molar-refractivity contribution < 1.29 is 29.0 Å². The molecular weight excluding hydrogens is 376 g/mol. The minimum atomic E-state index is -1.12. The van der Waals surface area contributed by atoms with Crippen molar-refractivity contribution in [3.8, 4) is 0 Å². The highest BCUT2D eigenvalue weighted by Gasteiger charge is 2.44. The summed E-state index contributed by atoms with van der Waals surface area (Å²) in [6, 6.07) is 9.06. The maximum absolute atomic E-state index is 12.6. The molecule has 160 valence electrons. The van der Waals surface area contributed by atoms with Crippen molar-refractivity contribution in [1.82, 2.24) is 10.2 Å². The van der Waals surface area contributed by atoms with Crippen LogP contribution in [0.4, 0.5) is 9.59 Å². The molecule has 1 aliphatic rings. The van der Waals surface area contributed by atoms with Crippen molar-refractivity contribution in [3.63, 3.8) is 0 Å². The predicted octanol–water partition coefficient (Wildman–Crippen LogP) is 3.55. The number of aliphatic carboxylic acids is 1. The Morgan fingerprint density at radius 3 is 2.48 bits per heavy atom. The molecule has 1 fully saturated rings. The van der Waals surface area contributed by atoms with Crippen LogP contribution in [0, 0.1) is 0 Å². The van der Waals surface area contributed by atoms with Gasteiger partial charge < -0.3 is 24.8 Å². The van der Waals surface area contributed by atoms with E-state index in [2.05, 4.69) is 5.32 Å². The van der Waals surface area contributed by atoms with Crippen LogP contribution < -0.4 is 5.32 Å². The molecule has 29 heavy (non-hydrogen) atoms. The van der Waals surface area contributed by atoms with Crippen LogP contribution in [0.15, 0.2) is 30.3 Å². The Balaban J connectivity index is 2.10. The van der Waals surface area contributed by atoms with Crippen molar-refractivity contribution >= 4 is 18.2 Å². The lowest BCUT2D eigenvalue weighted by Gasteiger charge is -2.45. The number of ether oxygens (including phenoxy) is 2. The third-order valence-corrected chi connectivity index (χ3v) is 4.74. The summed E-state index contributed by atoms with van der Waals surface area (Å²) in [4.78, 5) is 38.0. The number of carbonyl (C=O) groups excluding carboxylic acids is 2. The highest BCUT2D eigenvalue weighted by atomic mass is 16.6. The second kappa shape index (κ2) is 9.15. The first kappa shape index (κ1) is 22.5. The van der Waals surface area contributed by atoms with Crippen LogP contribution in [0.2, 0.25) is 0 Å². The van der Waals surface area contributed by atoms with E-state index in [0.717, 1.165) is 5.56 Å². The van der Waals surface area contributed by atoms with Crippen LogP contribution in [0.3, 0.4) is 0 Å². The van der Waals surface area contributed by atoms with E-state index in [4.69, 9.17) is 9.47 Å². The van der Waals surface area contributed by atoms with Crippen molar-refractivity contribution in [1.29, 1.82) is 0 Å². The lowest BCUT2D eigenvalue weighted by atomic mass is 9.83. The first-order valence-corrected chi connectivity index (χ1v) is 9.70. The van der Waals surface area contributed by atoms with E-state index >= 15 is 0 Å². The average Bonchev–Trinajstić information content (AvgIpc) is 2.61. The SMILES string of the molecule is CC1CCC(CC(=O)O)(NC(=O)OCc2ccccc2)CN1C(=O)OC(C)(C)C. The number of amides is 2. The summed E-state index contributed by atoms with van der Waals surface area (Å²) >= 11 is 0. The number of rotatable bonds is 5. The van der Waals surface area contributed by atoms with Crippen molar-refractivity contribution in [2.75, 3.05) is 6.54 Å². The van der Waals surface area contributed by atoms with Gasteiger partial charge in [0.2, 0.25) is 0 Å². The Morgan fingerprint density at radius 1 is 1.24 bits per heavy atom. The number of likely N-dealkylation sites (tertiary alicyclic amines) is 1. The minimum Gasteiger partial charge on any atom is -0.481 e. The molecule has 1 aromatic rings. The number of hydrogen-bond acceptors (Lipinski definition) is 5. The Kier molecular flexibility index (Phi) is 7.11. The zero-order valence-corrected chi connectivity index (χ0v) is 17.4. The molecule has 0 spiro atoms. The average molecular weight is 406 g/mol. The highest BCUT2D eigenvalue weighted by Crippen LogP contribution is 2.30. The second-order valence-corrected chi connectivity index (χ2v) is 8.53. The van der Waals surface area contributed by atoms with Gasteiger partial charge in [0, 0.05) is 12.6 Å². The topological polar surface area (TPSA) is 105 Å². The first-order valence-electron chi connectivity index (χ1n) is 9.70. The zero-order chi connectivity index (χ0) is 21.7. The van der Waals surface area contributed by atoms with Gasteiger partial charge in [-0.05, 0) is 46.1 Å². The summed E-state index contributed by atoms with van der Waals surface area (Å²) in [6.07, 6.45) is -0.613. The summed E-state index contributed by atoms with van der Waals surface area (Å²) in [5, 5.41) is 12.1. The van der Waals surface area contributed by atoms with E-state index in [1.807, 2.05) is 37.3 Å². The monoisotopic (exact) mass is 406 g/mol. The number of carboxylic acids is 1. The number of carboxylic acid groups (broad SMARTS) is 1. The van der Waals surface area contributed by atoms with Crippen LogP contribution in [0.25, 0.3) is 0 Å².